The summed E-state index contributed by atoms with van der Waals surface area (Å²) in [6.45, 7) is 4.88. The topological polar surface area (TPSA) is 104 Å². The van der Waals surface area contributed by atoms with E-state index in [-0.39, 0.29) is 29.0 Å². The Balaban J connectivity index is 1.70. The second kappa shape index (κ2) is 8.79. The molecular weight excluding hydrogens is 360 g/mol. The van der Waals surface area contributed by atoms with E-state index in [2.05, 4.69) is 15.3 Å². The Morgan fingerprint density at radius 3 is 2.89 bits per heavy atom. The van der Waals surface area contributed by atoms with Crippen LogP contribution in [0.5, 0.6) is 0 Å². The van der Waals surface area contributed by atoms with Gasteiger partial charge < -0.3 is 19.9 Å². The first kappa shape index (κ1) is 19.8. The minimum absolute atomic E-state index is 0.0768. The molecule has 1 unspecified atom stereocenters. The zero-order chi connectivity index (χ0) is 20.1. The molecule has 8 heteroatoms. The van der Waals surface area contributed by atoms with E-state index in [4.69, 9.17) is 4.74 Å². The van der Waals surface area contributed by atoms with Gasteiger partial charge in [-0.1, -0.05) is 6.07 Å². The summed E-state index contributed by atoms with van der Waals surface area (Å²) in [4.78, 5) is 44.7. The van der Waals surface area contributed by atoms with Crippen LogP contribution in [-0.4, -0.2) is 52.9 Å². The predicted molar refractivity (Wildman–Crippen MR) is 103 cm³/mol. The number of hydrogen-bond donors (Lipinski definition) is 2. The number of carbonyl (C=O) groups excluding carboxylic acids is 2. The number of nitrogens with one attached hydrogen (secondary N) is 2. The lowest BCUT2D eigenvalue weighted by Gasteiger charge is -2.32. The Morgan fingerprint density at radius 1 is 1.32 bits per heavy atom. The van der Waals surface area contributed by atoms with Crippen LogP contribution in [0.4, 0.5) is 0 Å². The van der Waals surface area contributed by atoms with E-state index in [0.29, 0.717) is 38.4 Å². The number of aromatic amines is 1. The molecule has 0 radical (unpaired) electrons. The molecule has 0 saturated carbocycles. The molecule has 0 aliphatic carbocycles. The molecule has 2 N–H and O–H groups in total. The van der Waals surface area contributed by atoms with Gasteiger partial charge in [-0.15, -0.1) is 0 Å². The summed E-state index contributed by atoms with van der Waals surface area (Å²) in [7, 11) is 0. The number of ether oxygens (including phenoxy) is 1. The summed E-state index contributed by atoms with van der Waals surface area (Å²) < 4.78 is 5.82. The van der Waals surface area contributed by atoms with E-state index < -0.39 is 0 Å². The molecule has 8 nitrogen and oxygen atoms in total. The molecule has 3 heterocycles. The predicted octanol–water partition coefficient (Wildman–Crippen LogP) is 0.971. The molecule has 1 fully saturated rings. The van der Waals surface area contributed by atoms with E-state index in [9.17, 15) is 14.4 Å². The van der Waals surface area contributed by atoms with Crippen molar-refractivity contribution >= 4 is 11.8 Å². The van der Waals surface area contributed by atoms with Gasteiger partial charge in [-0.3, -0.25) is 19.4 Å². The fourth-order valence-corrected chi connectivity index (χ4v) is 3.11. The number of rotatable bonds is 5. The van der Waals surface area contributed by atoms with Gasteiger partial charge >= 0.3 is 0 Å². The fraction of sp³-hybridized carbons (Fsp3) is 0.400. The van der Waals surface area contributed by atoms with Gasteiger partial charge in [0.2, 0.25) is 5.91 Å². The highest BCUT2D eigenvalue weighted by atomic mass is 16.5. The summed E-state index contributed by atoms with van der Waals surface area (Å²) in [6.07, 6.45) is 0.254. The lowest BCUT2D eigenvalue weighted by Crippen LogP contribution is -2.44. The van der Waals surface area contributed by atoms with Crippen LogP contribution >= 0.6 is 0 Å². The Labute approximate surface area is 162 Å². The molecule has 2 aromatic rings. The Bertz CT molecular complexity index is 924. The number of carbonyl (C=O) groups is 2. The lowest BCUT2D eigenvalue weighted by molar-refractivity contribution is -0.118. The van der Waals surface area contributed by atoms with Gasteiger partial charge in [-0.2, -0.15) is 0 Å². The summed E-state index contributed by atoms with van der Waals surface area (Å²) in [6, 6.07) is 8.91. The van der Waals surface area contributed by atoms with Crippen molar-refractivity contribution in [1.82, 2.24) is 20.2 Å². The molecule has 3 rings (SSSR count). The number of H-pyrrole nitrogens is 1. The van der Waals surface area contributed by atoms with Crippen LogP contribution in [0.25, 0.3) is 0 Å². The monoisotopic (exact) mass is 384 g/mol. The molecule has 0 bridgehead atoms. The molecular formula is C20H24N4O4. The Morgan fingerprint density at radius 2 is 2.14 bits per heavy atom. The highest BCUT2D eigenvalue weighted by Crippen LogP contribution is 2.22. The molecule has 148 valence electrons. The maximum atomic E-state index is 12.8. The fourth-order valence-electron chi connectivity index (χ4n) is 3.11. The quantitative estimate of drug-likeness (QED) is 0.799. The lowest BCUT2D eigenvalue weighted by atomic mass is 10.1. The number of pyridine rings is 2. The minimum Gasteiger partial charge on any atom is -0.368 e. The van der Waals surface area contributed by atoms with Crippen molar-refractivity contribution in [1.29, 1.82) is 0 Å². The van der Waals surface area contributed by atoms with E-state index >= 15 is 0 Å². The van der Waals surface area contributed by atoms with Gasteiger partial charge in [0.05, 0.1) is 18.8 Å². The third kappa shape index (κ3) is 4.83. The largest absolute Gasteiger partial charge is 0.368 e. The van der Waals surface area contributed by atoms with Gasteiger partial charge in [0.15, 0.2) is 0 Å². The highest BCUT2D eigenvalue weighted by molar-refractivity contribution is 5.93. The van der Waals surface area contributed by atoms with Crippen molar-refractivity contribution in [2.75, 3.05) is 26.2 Å². The molecule has 1 aliphatic rings. The molecule has 1 atom stereocenters. The van der Waals surface area contributed by atoms with Crippen molar-refractivity contribution in [3.8, 4) is 0 Å². The second-order valence-electron chi connectivity index (χ2n) is 6.78. The van der Waals surface area contributed by atoms with Crippen molar-refractivity contribution in [3.05, 3.63) is 63.3 Å². The first-order valence-electron chi connectivity index (χ1n) is 9.25. The van der Waals surface area contributed by atoms with Gasteiger partial charge in [0.1, 0.15) is 11.7 Å². The first-order chi connectivity index (χ1) is 13.4. The van der Waals surface area contributed by atoms with Crippen LogP contribution < -0.4 is 10.9 Å². The zero-order valence-electron chi connectivity index (χ0n) is 16.0. The van der Waals surface area contributed by atoms with Crippen LogP contribution in [0.2, 0.25) is 0 Å². The van der Waals surface area contributed by atoms with Crippen LogP contribution in [0.3, 0.4) is 0 Å². The number of amides is 2. The number of aryl methyl sites for hydroxylation is 1. The van der Waals surface area contributed by atoms with Crippen molar-refractivity contribution in [2.45, 2.75) is 26.4 Å². The van der Waals surface area contributed by atoms with Crippen molar-refractivity contribution < 1.29 is 14.3 Å². The average Bonchev–Trinajstić information content (AvgIpc) is 2.68. The summed E-state index contributed by atoms with van der Waals surface area (Å²) >= 11 is 0. The normalized spacial score (nSPS) is 16.6. The summed E-state index contributed by atoms with van der Waals surface area (Å²) in [5.74, 6) is -0.386. The number of aromatic nitrogens is 2. The first-order valence-corrected chi connectivity index (χ1v) is 9.25. The van der Waals surface area contributed by atoms with Gasteiger partial charge in [0.25, 0.3) is 11.5 Å². The van der Waals surface area contributed by atoms with E-state index in [0.717, 1.165) is 11.4 Å². The van der Waals surface area contributed by atoms with E-state index in [1.165, 1.54) is 6.92 Å². The molecule has 1 aliphatic heterocycles. The molecule has 0 aromatic carbocycles. The molecule has 1 saturated heterocycles. The number of hydrogen-bond acceptors (Lipinski definition) is 5. The molecule has 2 aromatic heterocycles. The minimum atomic E-state index is -0.383. The Hall–Kier alpha value is -3.00. The van der Waals surface area contributed by atoms with Gasteiger partial charge in [0, 0.05) is 37.8 Å². The SMILES string of the molecule is CC(=O)NCCc1cccc(C2CN(C(=O)c3ccc(C)[nH]c3=O)CCO2)n1. The summed E-state index contributed by atoms with van der Waals surface area (Å²) in [5.41, 5.74) is 2.03. The zero-order valence-corrected chi connectivity index (χ0v) is 16.0. The van der Waals surface area contributed by atoms with Crippen LogP contribution in [-0.2, 0) is 16.0 Å². The third-order valence-corrected chi connectivity index (χ3v) is 4.55. The van der Waals surface area contributed by atoms with Crippen LogP contribution in [0, 0.1) is 6.92 Å². The number of nitrogens with zero attached hydrogens (tertiary/aromatic N) is 2. The Kier molecular flexibility index (Phi) is 6.20. The second-order valence-corrected chi connectivity index (χ2v) is 6.78. The average molecular weight is 384 g/mol. The maximum absolute atomic E-state index is 12.8. The molecule has 28 heavy (non-hydrogen) atoms. The highest BCUT2D eigenvalue weighted by Gasteiger charge is 2.28. The van der Waals surface area contributed by atoms with Crippen molar-refractivity contribution in [3.63, 3.8) is 0 Å². The van der Waals surface area contributed by atoms with Crippen LogP contribution in [0.15, 0.2) is 35.1 Å². The maximum Gasteiger partial charge on any atom is 0.260 e. The van der Waals surface area contributed by atoms with Gasteiger partial charge in [-0.25, -0.2) is 0 Å². The number of morpholine rings is 1. The van der Waals surface area contributed by atoms with Crippen molar-refractivity contribution in [2.24, 2.45) is 0 Å². The molecule has 2 amide bonds. The van der Waals surface area contributed by atoms with Gasteiger partial charge in [-0.05, 0) is 31.2 Å². The standard InChI is InChI=1S/C20H24N4O4/c1-13-6-7-16(19(26)22-13)20(27)24-10-11-28-18(12-24)17-5-3-4-15(23-17)8-9-21-14(2)25/h3-7,18H,8-12H2,1-2H3,(H,21,25)(H,22,26). The third-order valence-electron chi connectivity index (χ3n) is 4.55. The molecule has 0 spiro atoms. The van der Waals surface area contributed by atoms with Crippen LogP contribution in [0.1, 0.15) is 40.5 Å². The summed E-state index contributed by atoms with van der Waals surface area (Å²) in [5, 5.41) is 2.75. The van der Waals surface area contributed by atoms with E-state index in [1.807, 2.05) is 18.2 Å². The smallest absolute Gasteiger partial charge is 0.260 e. The van der Waals surface area contributed by atoms with E-state index in [1.54, 1.807) is 24.0 Å².